The molecule has 2 aromatic rings. The van der Waals surface area contributed by atoms with Crippen molar-refractivity contribution in [2.45, 2.75) is 24.3 Å². The highest BCUT2D eigenvalue weighted by atomic mass is 32.2. The number of ether oxygens (including phenoxy) is 1. The predicted molar refractivity (Wildman–Crippen MR) is 108 cm³/mol. The third-order valence-electron chi connectivity index (χ3n) is 5.03. The first-order valence-electron chi connectivity index (χ1n) is 9.19. The summed E-state index contributed by atoms with van der Waals surface area (Å²) >= 11 is 1.62. The van der Waals surface area contributed by atoms with E-state index in [4.69, 9.17) is 4.74 Å². The van der Waals surface area contributed by atoms with Gasteiger partial charge in [0.1, 0.15) is 0 Å². The molecule has 27 heavy (non-hydrogen) atoms. The highest BCUT2D eigenvalue weighted by Crippen LogP contribution is 2.27. The maximum Gasteiger partial charge on any atom is 0.337 e. The van der Waals surface area contributed by atoms with Gasteiger partial charge in [0.15, 0.2) is 5.78 Å². The van der Waals surface area contributed by atoms with Gasteiger partial charge in [-0.15, -0.1) is 11.8 Å². The van der Waals surface area contributed by atoms with Crippen LogP contribution in [-0.4, -0.2) is 43.1 Å². The number of nitrogens with zero attached hydrogens (tertiary/aromatic N) is 1. The Hall–Kier alpha value is -2.11. The standard InChI is InChI=1S/C22H25NO3S/c1-26-22(25)17-11-9-16(10-12-17)14-23-13-5-6-18(15-23)21(24)19-7-3-4-8-20(19)27-2/h3-4,7-12,18H,5-6,13-15H2,1-2H3. The van der Waals surface area contributed by atoms with Crippen LogP contribution in [0, 0.1) is 5.92 Å². The molecule has 0 aromatic heterocycles. The number of piperidine rings is 1. The van der Waals surface area contributed by atoms with Crippen LogP contribution in [0.1, 0.15) is 39.1 Å². The molecule has 0 saturated carbocycles. The molecule has 142 valence electrons. The van der Waals surface area contributed by atoms with Gasteiger partial charge in [0.2, 0.25) is 0 Å². The Morgan fingerprint density at radius 3 is 2.59 bits per heavy atom. The van der Waals surface area contributed by atoms with E-state index in [0.29, 0.717) is 5.56 Å². The molecule has 1 aliphatic rings. The minimum atomic E-state index is -0.322. The van der Waals surface area contributed by atoms with Crippen LogP contribution < -0.4 is 0 Å². The number of likely N-dealkylation sites (tertiary alicyclic amines) is 1. The third kappa shape index (κ3) is 4.79. The minimum Gasteiger partial charge on any atom is -0.465 e. The Bertz CT molecular complexity index is 803. The molecule has 1 unspecified atom stereocenters. The normalized spacial score (nSPS) is 17.5. The van der Waals surface area contributed by atoms with Gasteiger partial charge in [-0.25, -0.2) is 4.79 Å². The van der Waals surface area contributed by atoms with Crippen LogP contribution in [0.25, 0.3) is 0 Å². The van der Waals surface area contributed by atoms with Gasteiger partial charge in [-0.2, -0.15) is 0 Å². The van der Waals surface area contributed by atoms with Crippen LogP contribution in [0.5, 0.6) is 0 Å². The van der Waals surface area contributed by atoms with Gasteiger partial charge < -0.3 is 4.74 Å². The number of carbonyl (C=O) groups excluding carboxylic acids is 2. The number of hydrogen-bond donors (Lipinski definition) is 0. The Morgan fingerprint density at radius 1 is 1.15 bits per heavy atom. The number of methoxy groups -OCH3 is 1. The van der Waals surface area contributed by atoms with Gasteiger partial charge in [-0.3, -0.25) is 9.69 Å². The van der Waals surface area contributed by atoms with Crippen molar-refractivity contribution in [3.05, 3.63) is 65.2 Å². The lowest BCUT2D eigenvalue weighted by molar-refractivity contribution is 0.0600. The van der Waals surface area contributed by atoms with E-state index in [0.717, 1.165) is 48.5 Å². The van der Waals surface area contributed by atoms with Crippen molar-refractivity contribution in [1.82, 2.24) is 4.90 Å². The molecule has 0 aliphatic carbocycles. The zero-order chi connectivity index (χ0) is 19.2. The third-order valence-corrected chi connectivity index (χ3v) is 5.83. The second kappa shape index (κ2) is 9.20. The van der Waals surface area contributed by atoms with E-state index >= 15 is 0 Å². The second-order valence-corrected chi connectivity index (χ2v) is 7.68. The topological polar surface area (TPSA) is 46.6 Å². The molecule has 5 heteroatoms. The van der Waals surface area contributed by atoms with Gasteiger partial charge in [0.25, 0.3) is 0 Å². The van der Waals surface area contributed by atoms with Crippen LogP contribution in [0.4, 0.5) is 0 Å². The first kappa shape index (κ1) is 19.6. The molecular formula is C22H25NO3S. The number of hydrogen-bond acceptors (Lipinski definition) is 5. The molecule has 2 aromatic carbocycles. The van der Waals surface area contributed by atoms with Crippen molar-refractivity contribution in [2.75, 3.05) is 26.5 Å². The van der Waals surface area contributed by atoms with E-state index in [1.807, 2.05) is 42.7 Å². The summed E-state index contributed by atoms with van der Waals surface area (Å²) in [6, 6.07) is 15.4. The van der Waals surface area contributed by atoms with Gasteiger partial charge in [-0.1, -0.05) is 30.3 Å². The maximum absolute atomic E-state index is 13.0. The molecule has 0 radical (unpaired) electrons. The molecule has 3 rings (SSSR count). The highest BCUT2D eigenvalue weighted by molar-refractivity contribution is 7.98. The Labute approximate surface area is 164 Å². The Balaban J connectivity index is 1.65. The number of carbonyl (C=O) groups is 2. The minimum absolute atomic E-state index is 0.0430. The molecule has 1 heterocycles. The van der Waals surface area contributed by atoms with Crippen molar-refractivity contribution in [1.29, 1.82) is 0 Å². The number of ketones is 1. The van der Waals surface area contributed by atoms with Gasteiger partial charge >= 0.3 is 5.97 Å². The molecule has 1 fully saturated rings. The van der Waals surface area contributed by atoms with E-state index in [-0.39, 0.29) is 17.7 Å². The molecule has 4 nitrogen and oxygen atoms in total. The van der Waals surface area contributed by atoms with E-state index in [2.05, 4.69) is 4.90 Å². The van der Waals surface area contributed by atoms with Crippen LogP contribution in [0.15, 0.2) is 53.4 Å². The number of esters is 1. The largest absolute Gasteiger partial charge is 0.465 e. The molecule has 1 atom stereocenters. The monoisotopic (exact) mass is 383 g/mol. The summed E-state index contributed by atoms with van der Waals surface area (Å²) in [4.78, 5) is 28.0. The van der Waals surface area contributed by atoms with Gasteiger partial charge in [0.05, 0.1) is 12.7 Å². The van der Waals surface area contributed by atoms with E-state index in [9.17, 15) is 9.59 Å². The van der Waals surface area contributed by atoms with Crippen molar-refractivity contribution in [2.24, 2.45) is 5.92 Å². The van der Waals surface area contributed by atoms with Gasteiger partial charge in [0, 0.05) is 29.5 Å². The van der Waals surface area contributed by atoms with E-state index < -0.39 is 0 Å². The molecule has 0 N–H and O–H groups in total. The van der Waals surface area contributed by atoms with Crippen molar-refractivity contribution in [3.63, 3.8) is 0 Å². The predicted octanol–water partition coefficient (Wildman–Crippen LogP) is 4.29. The van der Waals surface area contributed by atoms with Crippen LogP contribution in [-0.2, 0) is 11.3 Å². The molecule has 0 amide bonds. The number of thioether (sulfide) groups is 1. The smallest absolute Gasteiger partial charge is 0.337 e. The summed E-state index contributed by atoms with van der Waals surface area (Å²) < 4.78 is 4.74. The first-order valence-corrected chi connectivity index (χ1v) is 10.4. The second-order valence-electron chi connectivity index (χ2n) is 6.83. The van der Waals surface area contributed by atoms with Crippen molar-refractivity contribution >= 4 is 23.5 Å². The van der Waals surface area contributed by atoms with Crippen LogP contribution >= 0.6 is 11.8 Å². The zero-order valence-electron chi connectivity index (χ0n) is 15.8. The Morgan fingerprint density at radius 2 is 1.89 bits per heavy atom. The highest BCUT2D eigenvalue weighted by Gasteiger charge is 2.27. The molecule has 0 spiro atoms. The summed E-state index contributed by atoms with van der Waals surface area (Å²) in [6.07, 6.45) is 3.98. The van der Waals surface area contributed by atoms with Crippen molar-refractivity contribution in [3.8, 4) is 0 Å². The lowest BCUT2D eigenvalue weighted by atomic mass is 9.89. The fraction of sp³-hybridized carbons (Fsp3) is 0.364. The van der Waals surface area contributed by atoms with Crippen LogP contribution in [0.2, 0.25) is 0 Å². The Kier molecular flexibility index (Phi) is 6.69. The average molecular weight is 384 g/mol. The van der Waals surface area contributed by atoms with Crippen LogP contribution in [0.3, 0.4) is 0 Å². The average Bonchev–Trinajstić information content (AvgIpc) is 2.73. The summed E-state index contributed by atoms with van der Waals surface area (Å²) in [7, 11) is 1.39. The summed E-state index contributed by atoms with van der Waals surface area (Å²) in [5, 5.41) is 0. The van der Waals surface area contributed by atoms with E-state index in [1.165, 1.54) is 7.11 Å². The van der Waals surface area contributed by atoms with Crippen molar-refractivity contribution < 1.29 is 14.3 Å². The number of rotatable bonds is 6. The SMILES string of the molecule is COC(=O)c1ccc(CN2CCCC(C(=O)c3ccccc3SC)C2)cc1. The summed E-state index contributed by atoms with van der Waals surface area (Å²) in [6.45, 7) is 2.56. The number of Topliss-reactive ketones (excluding diaryl/α,β-unsaturated/α-hetero) is 1. The molecule has 1 aliphatic heterocycles. The fourth-order valence-electron chi connectivity index (χ4n) is 3.60. The maximum atomic E-state index is 13.0. The molecular weight excluding hydrogens is 358 g/mol. The summed E-state index contributed by atoms with van der Waals surface area (Å²) in [5.41, 5.74) is 2.54. The fourth-order valence-corrected chi connectivity index (χ4v) is 4.21. The lowest BCUT2D eigenvalue weighted by Gasteiger charge is -2.32. The van der Waals surface area contributed by atoms with E-state index in [1.54, 1.807) is 23.9 Å². The number of benzene rings is 2. The lowest BCUT2D eigenvalue weighted by Crippen LogP contribution is -2.38. The quantitative estimate of drug-likeness (QED) is 0.423. The molecule has 0 bridgehead atoms. The first-order chi connectivity index (χ1) is 13.1. The summed E-state index contributed by atoms with van der Waals surface area (Å²) in [5.74, 6) is -0.0234. The van der Waals surface area contributed by atoms with Gasteiger partial charge in [-0.05, 0) is 49.4 Å². The zero-order valence-corrected chi connectivity index (χ0v) is 16.6. The molecule has 1 saturated heterocycles.